The highest BCUT2D eigenvalue weighted by Gasteiger charge is 2.22. The van der Waals surface area contributed by atoms with Crippen LogP contribution in [0.3, 0.4) is 0 Å². The fourth-order valence-corrected chi connectivity index (χ4v) is 3.56. The average Bonchev–Trinajstić information content (AvgIpc) is 2.67. The summed E-state index contributed by atoms with van der Waals surface area (Å²) in [6, 6.07) is 3.16. The van der Waals surface area contributed by atoms with E-state index in [1.54, 1.807) is 18.5 Å². The maximum absolute atomic E-state index is 14.4. The highest BCUT2D eigenvalue weighted by molar-refractivity contribution is 6.30. The van der Waals surface area contributed by atoms with E-state index in [0.29, 0.717) is 29.7 Å². The number of halogens is 2. The van der Waals surface area contributed by atoms with Gasteiger partial charge in [-0.15, -0.1) is 0 Å². The summed E-state index contributed by atoms with van der Waals surface area (Å²) in [5.41, 5.74) is 3.64. The van der Waals surface area contributed by atoms with Crippen LogP contribution in [0.4, 0.5) is 4.39 Å². The summed E-state index contributed by atoms with van der Waals surface area (Å²) in [5.74, 6) is -0.298. The Morgan fingerprint density at radius 3 is 2.65 bits per heavy atom. The highest BCUT2D eigenvalue weighted by Crippen LogP contribution is 2.24. The molecule has 1 saturated heterocycles. The number of hydrogen-bond acceptors (Lipinski definition) is 6. The molecule has 26 heavy (non-hydrogen) atoms. The monoisotopic (exact) mass is 374 g/mol. The quantitative estimate of drug-likeness (QED) is 0.756. The molecular formula is C18H20ClFN6. The van der Waals surface area contributed by atoms with Crippen LogP contribution >= 0.6 is 11.6 Å². The second-order valence-electron chi connectivity index (χ2n) is 6.27. The Balaban J connectivity index is 1.54. The number of nitrogens with zero attached hydrogens (tertiary/aromatic N) is 3. The maximum atomic E-state index is 14.4. The van der Waals surface area contributed by atoms with Gasteiger partial charge in [0.2, 0.25) is 0 Å². The van der Waals surface area contributed by atoms with Crippen LogP contribution in [-0.4, -0.2) is 47.6 Å². The number of piperazine rings is 1. The zero-order chi connectivity index (χ0) is 17.9. The third-order valence-corrected chi connectivity index (χ3v) is 4.87. The van der Waals surface area contributed by atoms with Crippen LogP contribution in [0.1, 0.15) is 5.56 Å². The first-order chi connectivity index (χ1) is 12.7. The van der Waals surface area contributed by atoms with Crippen molar-refractivity contribution in [3.05, 3.63) is 58.5 Å². The van der Waals surface area contributed by atoms with Gasteiger partial charge in [-0.05, 0) is 6.07 Å². The largest absolute Gasteiger partial charge is 0.384 e. The minimum absolute atomic E-state index is 0.298. The number of rotatable bonds is 4. The van der Waals surface area contributed by atoms with Crippen molar-refractivity contribution in [1.29, 1.82) is 0 Å². The summed E-state index contributed by atoms with van der Waals surface area (Å²) in [4.78, 5) is 10.6. The molecule has 0 amide bonds. The Kier molecular flexibility index (Phi) is 4.90. The number of fused-ring (bicyclic) bond motifs is 1. The third-order valence-electron chi connectivity index (χ3n) is 4.56. The zero-order valence-electron chi connectivity index (χ0n) is 14.2. The summed E-state index contributed by atoms with van der Waals surface area (Å²) < 4.78 is 14.4. The smallest absolute Gasteiger partial charge is 0.130 e. The summed E-state index contributed by atoms with van der Waals surface area (Å²) in [6.07, 6.45) is 5.07. The third kappa shape index (κ3) is 3.45. The molecule has 0 bridgehead atoms. The molecule has 0 spiro atoms. The van der Waals surface area contributed by atoms with E-state index in [2.05, 4.69) is 30.8 Å². The lowest BCUT2D eigenvalue weighted by Crippen LogP contribution is -2.45. The number of benzene rings is 1. The van der Waals surface area contributed by atoms with Crippen molar-refractivity contribution in [3.63, 3.8) is 0 Å². The van der Waals surface area contributed by atoms with Crippen molar-refractivity contribution in [2.75, 3.05) is 32.7 Å². The predicted molar refractivity (Wildman–Crippen MR) is 99.7 cm³/mol. The molecule has 0 saturated carbocycles. The van der Waals surface area contributed by atoms with Crippen LogP contribution in [0.5, 0.6) is 0 Å². The first kappa shape index (κ1) is 17.1. The predicted octanol–water partition coefficient (Wildman–Crippen LogP) is 1.66. The normalized spacial score (nSPS) is 17.9. The number of hydrogen-bond donors (Lipinski definition) is 3. The molecule has 2 aliphatic rings. The summed E-state index contributed by atoms with van der Waals surface area (Å²) in [6.45, 7) is 4.57. The van der Waals surface area contributed by atoms with Gasteiger partial charge in [0, 0.05) is 62.9 Å². The molecule has 0 atom stereocenters. The lowest BCUT2D eigenvalue weighted by molar-refractivity contribution is 0.297. The van der Waals surface area contributed by atoms with Gasteiger partial charge in [-0.1, -0.05) is 11.6 Å². The van der Waals surface area contributed by atoms with Gasteiger partial charge in [0.1, 0.15) is 5.82 Å². The first-order valence-electron chi connectivity index (χ1n) is 8.63. The topological polar surface area (TPSA) is 65.1 Å². The SMILES string of the molecule is Fc1cc2nccnc2cc1CNC1=CNCC(Cl)=C1N1CCNCC1. The van der Waals surface area contributed by atoms with E-state index in [4.69, 9.17) is 11.6 Å². The lowest BCUT2D eigenvalue weighted by Gasteiger charge is -2.35. The lowest BCUT2D eigenvalue weighted by atomic mass is 10.1. The van der Waals surface area contributed by atoms with E-state index in [1.165, 1.54) is 6.07 Å². The molecule has 0 unspecified atom stereocenters. The van der Waals surface area contributed by atoms with E-state index in [1.807, 2.05) is 6.20 Å². The van der Waals surface area contributed by atoms with Gasteiger partial charge in [-0.2, -0.15) is 0 Å². The molecule has 8 heteroatoms. The van der Waals surface area contributed by atoms with Gasteiger partial charge in [-0.25, -0.2) is 4.39 Å². The van der Waals surface area contributed by atoms with Crippen LogP contribution < -0.4 is 16.0 Å². The molecule has 3 N–H and O–H groups in total. The first-order valence-corrected chi connectivity index (χ1v) is 9.01. The Bertz CT molecular complexity index is 875. The van der Waals surface area contributed by atoms with Crippen molar-refractivity contribution in [2.45, 2.75) is 6.54 Å². The molecule has 6 nitrogen and oxygen atoms in total. The Hall–Kier alpha value is -2.38. The summed E-state index contributed by atoms with van der Waals surface area (Å²) in [7, 11) is 0. The molecule has 3 heterocycles. The Morgan fingerprint density at radius 2 is 1.88 bits per heavy atom. The highest BCUT2D eigenvalue weighted by atomic mass is 35.5. The van der Waals surface area contributed by atoms with Gasteiger partial charge < -0.3 is 20.9 Å². The summed E-state index contributed by atoms with van der Waals surface area (Å²) >= 11 is 6.48. The minimum Gasteiger partial charge on any atom is -0.384 e. The average molecular weight is 375 g/mol. The van der Waals surface area contributed by atoms with Gasteiger partial charge in [-0.3, -0.25) is 9.97 Å². The molecule has 0 aliphatic carbocycles. The molecule has 1 aromatic heterocycles. The standard InChI is InChI=1S/C18H20ClFN6/c19-13-10-22-11-17(18(13)26-5-3-21-4-6-26)25-9-12-7-15-16(8-14(12)20)24-2-1-23-15/h1-2,7-8,11,21-22,25H,3-6,9-10H2. The van der Waals surface area contributed by atoms with Crippen LogP contribution in [0.15, 0.2) is 47.2 Å². The fraction of sp³-hybridized carbons (Fsp3) is 0.333. The van der Waals surface area contributed by atoms with Crippen molar-refractivity contribution in [2.24, 2.45) is 0 Å². The van der Waals surface area contributed by atoms with E-state index < -0.39 is 0 Å². The molecule has 0 radical (unpaired) electrons. The second-order valence-corrected chi connectivity index (χ2v) is 6.73. The fourth-order valence-electron chi connectivity index (χ4n) is 3.26. The van der Waals surface area contributed by atoms with Gasteiger partial charge in [0.15, 0.2) is 0 Å². The number of nitrogens with one attached hydrogen (secondary N) is 3. The van der Waals surface area contributed by atoms with E-state index in [9.17, 15) is 4.39 Å². The van der Waals surface area contributed by atoms with Crippen molar-refractivity contribution in [3.8, 4) is 0 Å². The van der Waals surface area contributed by atoms with Crippen LogP contribution in [0.2, 0.25) is 0 Å². The minimum atomic E-state index is -0.298. The Labute approximate surface area is 156 Å². The van der Waals surface area contributed by atoms with Crippen molar-refractivity contribution in [1.82, 2.24) is 30.8 Å². The van der Waals surface area contributed by atoms with E-state index in [-0.39, 0.29) is 5.82 Å². The van der Waals surface area contributed by atoms with Gasteiger partial charge in [0.25, 0.3) is 0 Å². The Morgan fingerprint density at radius 1 is 1.15 bits per heavy atom. The van der Waals surface area contributed by atoms with Crippen LogP contribution in [0.25, 0.3) is 11.0 Å². The zero-order valence-corrected chi connectivity index (χ0v) is 15.0. The molecule has 136 valence electrons. The molecule has 1 fully saturated rings. The van der Waals surface area contributed by atoms with Crippen LogP contribution in [-0.2, 0) is 6.54 Å². The molecule has 4 rings (SSSR count). The molecule has 2 aromatic rings. The van der Waals surface area contributed by atoms with E-state index >= 15 is 0 Å². The van der Waals surface area contributed by atoms with Crippen molar-refractivity contribution >= 4 is 22.6 Å². The number of dihydropyridines is 1. The van der Waals surface area contributed by atoms with Gasteiger partial charge in [0.05, 0.1) is 34.0 Å². The maximum Gasteiger partial charge on any atom is 0.130 e. The van der Waals surface area contributed by atoms with Crippen molar-refractivity contribution < 1.29 is 4.39 Å². The molecule has 2 aliphatic heterocycles. The second kappa shape index (κ2) is 7.47. The summed E-state index contributed by atoms with van der Waals surface area (Å²) in [5, 5.41) is 10.6. The molecular weight excluding hydrogens is 355 g/mol. The number of aromatic nitrogens is 2. The van der Waals surface area contributed by atoms with E-state index in [0.717, 1.165) is 42.6 Å². The van der Waals surface area contributed by atoms with Crippen LogP contribution in [0, 0.1) is 5.82 Å². The van der Waals surface area contributed by atoms with Gasteiger partial charge >= 0.3 is 0 Å². The molecule has 1 aromatic carbocycles.